The number of hydrogen-bond acceptors (Lipinski definition) is 5. The number of likely N-dealkylation sites (tertiary alicyclic amines) is 1. The number of carbonyl (C=O) groups excluding carboxylic acids is 2. The fourth-order valence-corrected chi connectivity index (χ4v) is 6.43. The van der Waals surface area contributed by atoms with Gasteiger partial charge >= 0.3 is 5.97 Å². The Kier molecular flexibility index (Phi) is 8.83. The molecule has 1 saturated heterocycles. The molecule has 0 bridgehead atoms. The van der Waals surface area contributed by atoms with E-state index in [1.54, 1.807) is 25.3 Å². The Morgan fingerprint density at radius 2 is 2.03 bits per heavy atom. The second-order valence-corrected chi connectivity index (χ2v) is 10.9. The van der Waals surface area contributed by atoms with Crippen LogP contribution in [0.25, 0.3) is 0 Å². The van der Waals surface area contributed by atoms with Crippen molar-refractivity contribution in [3.63, 3.8) is 0 Å². The van der Waals surface area contributed by atoms with Crippen LogP contribution in [0.5, 0.6) is 5.75 Å². The molecule has 3 unspecified atom stereocenters. The first kappa shape index (κ1) is 27.5. The Morgan fingerprint density at radius 1 is 1.22 bits per heavy atom. The predicted molar refractivity (Wildman–Crippen MR) is 146 cm³/mol. The molecule has 1 heterocycles. The number of carbonyl (C=O) groups is 2. The van der Waals surface area contributed by atoms with Crippen molar-refractivity contribution in [2.24, 2.45) is 5.92 Å². The van der Waals surface area contributed by atoms with E-state index in [2.05, 4.69) is 28.9 Å². The summed E-state index contributed by atoms with van der Waals surface area (Å²) in [7, 11) is 1.66. The topological polar surface area (TPSA) is 67.9 Å². The number of nitrogens with zero attached hydrogens (tertiary/aromatic N) is 1. The van der Waals surface area contributed by atoms with Crippen molar-refractivity contribution in [2.45, 2.75) is 50.2 Å². The molecular weight excluding hydrogens is 511 g/mol. The number of fused-ring (bicyclic) bond motifs is 1. The van der Waals surface area contributed by atoms with Crippen LogP contribution in [-0.4, -0.2) is 55.7 Å². The van der Waals surface area contributed by atoms with Crippen molar-refractivity contribution in [3.8, 4) is 5.75 Å². The first-order chi connectivity index (χ1) is 17.7. The zero-order valence-electron chi connectivity index (χ0n) is 21.3. The van der Waals surface area contributed by atoms with Crippen molar-refractivity contribution >= 4 is 35.1 Å². The molecule has 4 rings (SSSR count). The van der Waals surface area contributed by atoms with Crippen molar-refractivity contribution in [1.29, 1.82) is 0 Å². The minimum Gasteiger partial charge on any atom is -0.497 e. The maximum absolute atomic E-state index is 13.1. The van der Waals surface area contributed by atoms with E-state index in [0.717, 1.165) is 49.4 Å². The fraction of sp³-hybridized carbons (Fsp3) is 0.448. The molecule has 2 fully saturated rings. The van der Waals surface area contributed by atoms with Gasteiger partial charge in [0.15, 0.2) is 0 Å². The summed E-state index contributed by atoms with van der Waals surface area (Å²) in [5.41, 5.74) is 1.65. The van der Waals surface area contributed by atoms with Gasteiger partial charge in [0.05, 0.1) is 23.6 Å². The lowest BCUT2D eigenvalue weighted by atomic mass is 9.57. The Labute approximate surface area is 228 Å². The molecule has 37 heavy (non-hydrogen) atoms. The minimum absolute atomic E-state index is 0.0698. The van der Waals surface area contributed by atoms with Crippen molar-refractivity contribution < 1.29 is 19.1 Å². The van der Waals surface area contributed by atoms with Gasteiger partial charge in [0.25, 0.3) is 0 Å². The third-order valence-corrected chi connectivity index (χ3v) is 8.42. The van der Waals surface area contributed by atoms with E-state index < -0.39 is 0 Å². The maximum Gasteiger partial charge on any atom is 0.302 e. The number of nitrogens with one attached hydrogen (secondary N) is 1. The van der Waals surface area contributed by atoms with Gasteiger partial charge in [0.1, 0.15) is 11.9 Å². The van der Waals surface area contributed by atoms with Crippen LogP contribution in [0.1, 0.15) is 37.3 Å². The number of hydrogen-bond donors (Lipinski definition) is 1. The van der Waals surface area contributed by atoms with Crippen LogP contribution in [0.4, 0.5) is 0 Å². The zero-order valence-corrected chi connectivity index (χ0v) is 22.9. The lowest BCUT2D eigenvalue weighted by molar-refractivity contribution is -0.157. The molecule has 0 radical (unpaired) electrons. The van der Waals surface area contributed by atoms with Gasteiger partial charge in [0.2, 0.25) is 5.91 Å². The highest BCUT2D eigenvalue weighted by Gasteiger charge is 2.53. The minimum atomic E-state index is -0.333. The quantitative estimate of drug-likeness (QED) is 0.365. The smallest absolute Gasteiger partial charge is 0.302 e. The Hall–Kier alpha value is -2.54. The summed E-state index contributed by atoms with van der Waals surface area (Å²) >= 11 is 12.2. The van der Waals surface area contributed by atoms with Crippen LogP contribution in [0.15, 0.2) is 55.1 Å². The van der Waals surface area contributed by atoms with Gasteiger partial charge in [-0.15, -0.1) is 6.58 Å². The number of halogens is 2. The van der Waals surface area contributed by atoms with Crippen molar-refractivity contribution in [2.75, 3.05) is 26.7 Å². The van der Waals surface area contributed by atoms with Gasteiger partial charge in [-0.1, -0.05) is 47.5 Å². The molecule has 0 spiro atoms. The van der Waals surface area contributed by atoms with Crippen molar-refractivity contribution in [3.05, 3.63) is 76.3 Å². The maximum atomic E-state index is 13.1. The largest absolute Gasteiger partial charge is 0.497 e. The summed E-state index contributed by atoms with van der Waals surface area (Å²) in [6.07, 6.45) is 3.95. The average molecular weight is 546 g/mol. The number of piperidine rings is 1. The van der Waals surface area contributed by atoms with Gasteiger partial charge in [-0.3, -0.25) is 14.5 Å². The summed E-state index contributed by atoms with van der Waals surface area (Å²) in [5.74, 6) is 0.441. The Morgan fingerprint density at radius 3 is 2.73 bits per heavy atom. The molecule has 4 atom stereocenters. The molecule has 1 aliphatic carbocycles. The monoisotopic (exact) mass is 544 g/mol. The molecule has 1 N–H and O–H groups in total. The molecule has 6 nitrogen and oxygen atoms in total. The molecule has 2 aliphatic rings. The van der Waals surface area contributed by atoms with Gasteiger partial charge in [-0.25, -0.2) is 0 Å². The van der Waals surface area contributed by atoms with E-state index >= 15 is 0 Å². The van der Waals surface area contributed by atoms with Gasteiger partial charge in [0, 0.05) is 43.8 Å². The highest BCUT2D eigenvalue weighted by Crippen LogP contribution is 2.50. The molecule has 198 valence electrons. The van der Waals surface area contributed by atoms with Gasteiger partial charge < -0.3 is 14.8 Å². The van der Waals surface area contributed by atoms with Gasteiger partial charge in [-0.05, 0) is 54.8 Å². The third kappa shape index (κ3) is 6.31. The number of methoxy groups -OCH3 is 1. The molecule has 2 aromatic rings. The molecule has 1 saturated carbocycles. The number of benzene rings is 2. The van der Waals surface area contributed by atoms with E-state index in [4.69, 9.17) is 32.7 Å². The highest BCUT2D eigenvalue weighted by atomic mass is 35.5. The standard InChI is InChI=1S/C29H34Cl2N2O4/c1-4-11-33-12-10-29(21-6-5-7-23(15-21)36-3)17-22(16-27(24(29)18-33)37-19(2)34)32-28(35)14-20-8-9-25(30)26(31)13-20/h4-9,13,15,22,24,27H,1,10-12,14,16-18H2,2-3H3,(H,32,35)/t22-,24?,27?,29?/m1/s1. The molecule has 8 heteroatoms. The fourth-order valence-electron chi connectivity index (χ4n) is 6.11. The lowest BCUT2D eigenvalue weighted by Gasteiger charge is -2.55. The number of esters is 1. The number of amides is 1. The van der Waals surface area contributed by atoms with E-state index in [9.17, 15) is 9.59 Å². The van der Waals surface area contributed by atoms with E-state index in [1.165, 1.54) is 6.92 Å². The van der Waals surface area contributed by atoms with Crippen LogP contribution in [-0.2, 0) is 26.2 Å². The van der Waals surface area contributed by atoms with Gasteiger partial charge in [-0.2, -0.15) is 0 Å². The lowest BCUT2D eigenvalue weighted by Crippen LogP contribution is -2.61. The first-order valence-electron chi connectivity index (χ1n) is 12.6. The molecular formula is C29H34Cl2N2O4. The molecule has 1 aliphatic heterocycles. The second kappa shape index (κ2) is 11.9. The van der Waals surface area contributed by atoms with E-state index in [1.807, 2.05) is 18.2 Å². The highest BCUT2D eigenvalue weighted by molar-refractivity contribution is 6.42. The summed E-state index contributed by atoms with van der Waals surface area (Å²) in [4.78, 5) is 27.6. The van der Waals surface area contributed by atoms with Crippen LogP contribution in [0.2, 0.25) is 10.0 Å². The summed E-state index contributed by atoms with van der Waals surface area (Å²) in [5, 5.41) is 4.11. The predicted octanol–water partition coefficient (Wildman–Crippen LogP) is 5.20. The van der Waals surface area contributed by atoms with Crippen molar-refractivity contribution in [1.82, 2.24) is 10.2 Å². The second-order valence-electron chi connectivity index (χ2n) is 10.1. The Balaban J connectivity index is 1.64. The summed E-state index contributed by atoms with van der Waals surface area (Å²) in [6, 6.07) is 13.2. The van der Waals surface area contributed by atoms with Crippen LogP contribution in [0, 0.1) is 5.92 Å². The SMILES string of the molecule is C=CCN1CCC2(c3cccc(OC)c3)C[C@H](NC(=O)Cc3ccc(Cl)c(Cl)c3)CC(OC(C)=O)C2C1. The molecule has 0 aromatic heterocycles. The summed E-state index contributed by atoms with van der Waals surface area (Å²) < 4.78 is 11.5. The number of ether oxygens (including phenoxy) is 2. The van der Waals surface area contributed by atoms with E-state index in [-0.39, 0.29) is 41.8 Å². The number of rotatable bonds is 8. The van der Waals surface area contributed by atoms with Crippen LogP contribution >= 0.6 is 23.2 Å². The molecule has 1 amide bonds. The molecule has 2 aromatic carbocycles. The summed E-state index contributed by atoms with van der Waals surface area (Å²) in [6.45, 7) is 7.80. The Bertz CT molecular complexity index is 1160. The zero-order chi connectivity index (χ0) is 26.6. The van der Waals surface area contributed by atoms with Crippen LogP contribution in [0.3, 0.4) is 0 Å². The third-order valence-electron chi connectivity index (χ3n) is 7.68. The normalized spacial score (nSPS) is 25.6. The first-order valence-corrected chi connectivity index (χ1v) is 13.4. The van der Waals surface area contributed by atoms with Crippen LogP contribution < -0.4 is 10.1 Å². The van der Waals surface area contributed by atoms with E-state index in [0.29, 0.717) is 16.5 Å². The average Bonchev–Trinajstić information content (AvgIpc) is 2.86.